The van der Waals surface area contributed by atoms with E-state index < -0.39 is 5.97 Å². The molecule has 0 aliphatic rings. The summed E-state index contributed by atoms with van der Waals surface area (Å²) in [5.74, 6) is -0.231. The van der Waals surface area contributed by atoms with Crippen LogP contribution in [0.4, 0.5) is 0 Å². The maximum Gasteiger partial charge on any atom is 0.303 e. The van der Waals surface area contributed by atoms with Crippen molar-refractivity contribution in [2.75, 3.05) is 6.61 Å². The van der Waals surface area contributed by atoms with Gasteiger partial charge in [0.25, 0.3) is 5.91 Å². The average Bonchev–Trinajstić information content (AvgIpc) is 2.60. The molecule has 0 radical (unpaired) electrons. The molecule has 0 aliphatic heterocycles. The molecule has 0 heterocycles. The van der Waals surface area contributed by atoms with Gasteiger partial charge in [0.2, 0.25) is 0 Å². The molecule has 0 fully saturated rings. The molecule has 0 aliphatic carbocycles. The second-order valence-corrected chi connectivity index (χ2v) is 5.97. The fraction of sp³-hybridized carbons (Fsp3) is 0.300. The Morgan fingerprint density at radius 1 is 1.04 bits per heavy atom. The summed E-state index contributed by atoms with van der Waals surface area (Å²) in [6.45, 7) is 4.81. The van der Waals surface area contributed by atoms with Crippen LogP contribution in [0.25, 0.3) is 0 Å². The van der Waals surface area contributed by atoms with Crippen LogP contribution in [0.3, 0.4) is 0 Å². The normalized spacial score (nSPS) is 10.3. The van der Waals surface area contributed by atoms with E-state index in [4.69, 9.17) is 9.84 Å². The SMILES string of the molecule is Cc1ccc(C(=O)NCc2ccc(OCCCC(=O)O)cc2)cc1C. The number of carboxylic acids is 1. The molecule has 2 aromatic carbocycles. The molecule has 0 atom stereocenters. The predicted octanol–water partition coefficient (Wildman–Crippen LogP) is 3.48. The number of aryl methyl sites for hydroxylation is 2. The molecule has 25 heavy (non-hydrogen) atoms. The number of carbonyl (C=O) groups excluding carboxylic acids is 1. The Hall–Kier alpha value is -2.82. The molecule has 2 aromatic rings. The number of hydrogen-bond donors (Lipinski definition) is 2. The van der Waals surface area contributed by atoms with Crippen LogP contribution in [0.5, 0.6) is 5.75 Å². The van der Waals surface area contributed by atoms with Crippen molar-refractivity contribution in [2.45, 2.75) is 33.2 Å². The zero-order chi connectivity index (χ0) is 18.2. The quantitative estimate of drug-likeness (QED) is 0.721. The Balaban J connectivity index is 1.81. The molecular formula is C20H23NO4. The molecule has 0 saturated carbocycles. The molecule has 0 saturated heterocycles. The van der Waals surface area contributed by atoms with Crippen molar-refractivity contribution < 1.29 is 19.4 Å². The maximum absolute atomic E-state index is 12.2. The van der Waals surface area contributed by atoms with Crippen LogP contribution in [0, 0.1) is 13.8 Å². The Kier molecular flexibility index (Phi) is 6.57. The van der Waals surface area contributed by atoms with E-state index in [1.165, 1.54) is 0 Å². The van der Waals surface area contributed by atoms with Gasteiger partial charge in [-0.1, -0.05) is 18.2 Å². The highest BCUT2D eigenvalue weighted by molar-refractivity contribution is 5.94. The average molecular weight is 341 g/mol. The summed E-state index contributed by atoms with van der Waals surface area (Å²) in [5.41, 5.74) is 3.88. The summed E-state index contributed by atoms with van der Waals surface area (Å²) < 4.78 is 5.48. The third-order valence-electron chi connectivity index (χ3n) is 3.95. The van der Waals surface area contributed by atoms with E-state index in [0.29, 0.717) is 30.9 Å². The Morgan fingerprint density at radius 2 is 1.76 bits per heavy atom. The zero-order valence-electron chi connectivity index (χ0n) is 14.5. The number of carboxylic acid groups (broad SMARTS) is 1. The van der Waals surface area contributed by atoms with Gasteiger partial charge in [-0.25, -0.2) is 0 Å². The number of ether oxygens (including phenoxy) is 1. The largest absolute Gasteiger partial charge is 0.494 e. The minimum atomic E-state index is -0.821. The first-order chi connectivity index (χ1) is 12.0. The van der Waals surface area contributed by atoms with Crippen molar-refractivity contribution in [2.24, 2.45) is 0 Å². The Bertz CT molecular complexity index is 738. The van der Waals surface area contributed by atoms with E-state index in [0.717, 1.165) is 16.7 Å². The van der Waals surface area contributed by atoms with Gasteiger partial charge in [0.05, 0.1) is 6.61 Å². The van der Waals surface area contributed by atoms with E-state index in [2.05, 4.69) is 5.32 Å². The van der Waals surface area contributed by atoms with E-state index in [1.54, 1.807) is 0 Å². The molecule has 132 valence electrons. The van der Waals surface area contributed by atoms with Crippen LogP contribution < -0.4 is 10.1 Å². The molecule has 5 nitrogen and oxygen atoms in total. The summed E-state index contributed by atoms with van der Waals surface area (Å²) in [6, 6.07) is 13.1. The fourth-order valence-electron chi connectivity index (χ4n) is 2.28. The molecule has 0 spiro atoms. The van der Waals surface area contributed by atoms with Gasteiger partial charge < -0.3 is 15.2 Å². The highest BCUT2D eigenvalue weighted by Crippen LogP contribution is 2.13. The summed E-state index contributed by atoms with van der Waals surface area (Å²) in [7, 11) is 0. The van der Waals surface area contributed by atoms with Crippen molar-refractivity contribution in [1.29, 1.82) is 0 Å². The van der Waals surface area contributed by atoms with Gasteiger partial charge in [-0.2, -0.15) is 0 Å². The summed E-state index contributed by atoms with van der Waals surface area (Å²) in [6.07, 6.45) is 0.575. The van der Waals surface area contributed by atoms with E-state index >= 15 is 0 Å². The van der Waals surface area contributed by atoms with Gasteiger partial charge in [0.1, 0.15) is 5.75 Å². The van der Waals surface area contributed by atoms with Crippen LogP contribution in [-0.2, 0) is 11.3 Å². The van der Waals surface area contributed by atoms with Gasteiger partial charge in [-0.3, -0.25) is 9.59 Å². The molecule has 0 aromatic heterocycles. The van der Waals surface area contributed by atoms with Crippen molar-refractivity contribution in [1.82, 2.24) is 5.32 Å². The number of carbonyl (C=O) groups is 2. The lowest BCUT2D eigenvalue weighted by molar-refractivity contribution is -0.137. The first kappa shape index (κ1) is 18.5. The third-order valence-corrected chi connectivity index (χ3v) is 3.95. The number of benzene rings is 2. The lowest BCUT2D eigenvalue weighted by Crippen LogP contribution is -2.22. The van der Waals surface area contributed by atoms with Crippen molar-refractivity contribution in [3.63, 3.8) is 0 Å². The smallest absolute Gasteiger partial charge is 0.303 e. The summed E-state index contributed by atoms with van der Waals surface area (Å²) >= 11 is 0. The molecule has 5 heteroatoms. The molecule has 2 rings (SSSR count). The third kappa shape index (κ3) is 5.95. The molecule has 2 N–H and O–H groups in total. The second-order valence-electron chi connectivity index (χ2n) is 5.97. The van der Waals surface area contributed by atoms with Crippen LogP contribution in [-0.4, -0.2) is 23.6 Å². The first-order valence-electron chi connectivity index (χ1n) is 8.24. The number of hydrogen-bond acceptors (Lipinski definition) is 3. The monoisotopic (exact) mass is 341 g/mol. The summed E-state index contributed by atoms with van der Waals surface area (Å²) in [5, 5.41) is 11.5. The molecule has 0 unspecified atom stereocenters. The van der Waals surface area contributed by atoms with Gasteiger partial charge in [0, 0.05) is 18.5 Å². The molecular weight excluding hydrogens is 318 g/mol. The Morgan fingerprint density at radius 3 is 2.40 bits per heavy atom. The van der Waals surface area contributed by atoms with Crippen molar-refractivity contribution >= 4 is 11.9 Å². The lowest BCUT2D eigenvalue weighted by Gasteiger charge is -2.09. The van der Waals surface area contributed by atoms with Crippen molar-refractivity contribution in [3.8, 4) is 5.75 Å². The van der Waals surface area contributed by atoms with E-state index in [1.807, 2.05) is 56.3 Å². The lowest BCUT2D eigenvalue weighted by atomic mass is 10.1. The van der Waals surface area contributed by atoms with Gasteiger partial charge in [0.15, 0.2) is 0 Å². The summed E-state index contributed by atoms with van der Waals surface area (Å²) in [4.78, 5) is 22.6. The minimum Gasteiger partial charge on any atom is -0.494 e. The zero-order valence-corrected chi connectivity index (χ0v) is 14.5. The van der Waals surface area contributed by atoms with Crippen LogP contribution in [0.15, 0.2) is 42.5 Å². The number of rotatable bonds is 8. The van der Waals surface area contributed by atoms with E-state index in [-0.39, 0.29) is 12.3 Å². The number of aliphatic carboxylic acids is 1. The fourth-order valence-corrected chi connectivity index (χ4v) is 2.28. The van der Waals surface area contributed by atoms with Crippen LogP contribution in [0.1, 0.15) is 39.9 Å². The topological polar surface area (TPSA) is 75.6 Å². The second kappa shape index (κ2) is 8.87. The Labute approximate surface area is 147 Å². The highest BCUT2D eigenvalue weighted by atomic mass is 16.5. The van der Waals surface area contributed by atoms with Crippen molar-refractivity contribution in [3.05, 3.63) is 64.7 Å². The minimum absolute atomic E-state index is 0.0998. The maximum atomic E-state index is 12.2. The van der Waals surface area contributed by atoms with Crippen LogP contribution >= 0.6 is 0 Å². The number of nitrogens with one attached hydrogen (secondary N) is 1. The molecule has 1 amide bonds. The predicted molar refractivity (Wildman–Crippen MR) is 95.9 cm³/mol. The van der Waals surface area contributed by atoms with Crippen LogP contribution in [0.2, 0.25) is 0 Å². The van der Waals surface area contributed by atoms with E-state index in [9.17, 15) is 9.59 Å². The first-order valence-corrected chi connectivity index (χ1v) is 8.24. The number of amides is 1. The van der Waals surface area contributed by atoms with Gasteiger partial charge >= 0.3 is 5.97 Å². The van der Waals surface area contributed by atoms with Gasteiger partial charge in [-0.15, -0.1) is 0 Å². The molecule has 0 bridgehead atoms. The van der Waals surface area contributed by atoms with Gasteiger partial charge in [-0.05, 0) is 61.2 Å². The standard InChI is InChI=1S/C20H23NO4/c1-14-5-8-17(12-15(14)2)20(24)21-13-16-6-9-18(10-7-16)25-11-3-4-19(22)23/h5-10,12H,3-4,11,13H2,1-2H3,(H,21,24)(H,22,23). The highest BCUT2D eigenvalue weighted by Gasteiger charge is 2.06.